The first-order chi connectivity index (χ1) is 8.99. The molecule has 0 aliphatic carbocycles. The Morgan fingerprint density at radius 3 is 2.68 bits per heavy atom. The Morgan fingerprint density at radius 1 is 1.47 bits per heavy atom. The van der Waals surface area contributed by atoms with Gasteiger partial charge in [0.05, 0.1) is 32.1 Å². The zero-order valence-corrected chi connectivity index (χ0v) is 10.4. The van der Waals surface area contributed by atoms with Crippen LogP contribution in [0.3, 0.4) is 0 Å². The largest absolute Gasteiger partial charge is 0.496 e. The number of carboxylic acid groups (broad SMARTS) is 1. The van der Waals surface area contributed by atoms with Crippen molar-refractivity contribution < 1.29 is 24.9 Å². The van der Waals surface area contributed by atoms with E-state index < -0.39 is 18.2 Å². The van der Waals surface area contributed by atoms with Gasteiger partial charge in [-0.3, -0.25) is 4.79 Å². The van der Waals surface area contributed by atoms with Gasteiger partial charge in [0.2, 0.25) is 0 Å². The number of nitriles is 1. The maximum atomic E-state index is 10.7. The molecule has 3 N–H and O–H groups in total. The molecule has 0 aromatic heterocycles. The van der Waals surface area contributed by atoms with Crippen LogP contribution in [0.5, 0.6) is 5.75 Å². The van der Waals surface area contributed by atoms with Crippen LogP contribution < -0.4 is 4.74 Å². The van der Waals surface area contributed by atoms with E-state index in [-0.39, 0.29) is 18.4 Å². The van der Waals surface area contributed by atoms with Gasteiger partial charge in [-0.05, 0) is 17.7 Å². The van der Waals surface area contributed by atoms with E-state index in [2.05, 4.69) is 0 Å². The summed E-state index contributed by atoms with van der Waals surface area (Å²) in [4.78, 5) is 10.7. The molecule has 0 saturated carbocycles. The van der Waals surface area contributed by atoms with Crippen molar-refractivity contribution in [3.05, 3.63) is 29.3 Å². The average molecular weight is 265 g/mol. The molecule has 0 amide bonds. The SMILES string of the molecule is COc1ccc(CC(=O)O)cc1C(O)C(O)CC#N. The monoisotopic (exact) mass is 265 g/mol. The molecule has 102 valence electrons. The number of carbonyl (C=O) groups is 1. The van der Waals surface area contributed by atoms with Crippen molar-refractivity contribution in [2.24, 2.45) is 0 Å². The number of hydrogen-bond donors (Lipinski definition) is 3. The maximum Gasteiger partial charge on any atom is 0.307 e. The first kappa shape index (κ1) is 15.0. The third-order valence-corrected chi connectivity index (χ3v) is 2.63. The minimum Gasteiger partial charge on any atom is -0.496 e. The smallest absolute Gasteiger partial charge is 0.307 e. The van der Waals surface area contributed by atoms with Crippen LogP contribution in [0, 0.1) is 11.3 Å². The lowest BCUT2D eigenvalue weighted by atomic mass is 9.98. The minimum atomic E-state index is -1.30. The zero-order valence-electron chi connectivity index (χ0n) is 10.4. The predicted octanol–water partition coefficient (Wildman–Crippen LogP) is 0.630. The summed E-state index contributed by atoms with van der Waals surface area (Å²) in [6, 6.07) is 6.31. The number of benzene rings is 1. The number of hydrogen-bond acceptors (Lipinski definition) is 5. The van der Waals surface area contributed by atoms with Crippen LogP contribution in [0.15, 0.2) is 18.2 Å². The Labute approximate surface area is 110 Å². The molecule has 1 aromatic rings. The minimum absolute atomic E-state index is 0.196. The van der Waals surface area contributed by atoms with Gasteiger partial charge in [0.1, 0.15) is 11.9 Å². The highest BCUT2D eigenvalue weighted by molar-refractivity contribution is 5.70. The van der Waals surface area contributed by atoms with Crippen molar-refractivity contribution in [3.8, 4) is 11.8 Å². The molecule has 0 spiro atoms. The highest BCUT2D eigenvalue weighted by Gasteiger charge is 2.22. The number of nitrogens with zero attached hydrogens (tertiary/aromatic N) is 1. The van der Waals surface area contributed by atoms with E-state index in [0.717, 1.165) is 0 Å². The predicted molar refractivity (Wildman–Crippen MR) is 65.5 cm³/mol. The number of carboxylic acids is 1. The molecule has 0 saturated heterocycles. The maximum absolute atomic E-state index is 10.7. The molecule has 6 heteroatoms. The summed E-state index contributed by atoms with van der Waals surface area (Å²) in [7, 11) is 1.40. The van der Waals surface area contributed by atoms with Gasteiger partial charge in [0, 0.05) is 5.56 Å². The Balaban J connectivity index is 3.08. The van der Waals surface area contributed by atoms with E-state index in [1.54, 1.807) is 12.1 Å². The summed E-state index contributed by atoms with van der Waals surface area (Å²) in [6.07, 6.45) is -2.98. The number of aliphatic hydroxyl groups is 2. The van der Waals surface area contributed by atoms with E-state index in [0.29, 0.717) is 11.3 Å². The summed E-state index contributed by atoms with van der Waals surface area (Å²) in [6.45, 7) is 0. The fourth-order valence-electron chi connectivity index (χ4n) is 1.71. The van der Waals surface area contributed by atoms with Crippen LogP contribution in [0.2, 0.25) is 0 Å². The Morgan fingerprint density at radius 2 is 2.16 bits per heavy atom. The Kier molecular flexibility index (Phi) is 5.30. The van der Waals surface area contributed by atoms with E-state index in [9.17, 15) is 15.0 Å². The number of methoxy groups -OCH3 is 1. The van der Waals surface area contributed by atoms with Gasteiger partial charge in [-0.25, -0.2) is 0 Å². The van der Waals surface area contributed by atoms with Crippen LogP contribution in [-0.2, 0) is 11.2 Å². The Bertz CT molecular complexity index is 494. The average Bonchev–Trinajstić information content (AvgIpc) is 2.37. The lowest BCUT2D eigenvalue weighted by molar-refractivity contribution is -0.136. The van der Waals surface area contributed by atoms with Crippen LogP contribution in [0.1, 0.15) is 23.7 Å². The topological polar surface area (TPSA) is 111 Å². The molecule has 2 unspecified atom stereocenters. The number of aliphatic hydroxyl groups excluding tert-OH is 2. The van der Waals surface area contributed by atoms with E-state index in [1.165, 1.54) is 19.2 Å². The van der Waals surface area contributed by atoms with Crippen LogP contribution in [0.4, 0.5) is 0 Å². The third-order valence-electron chi connectivity index (χ3n) is 2.63. The van der Waals surface area contributed by atoms with Gasteiger partial charge in [-0.1, -0.05) is 6.07 Å². The van der Waals surface area contributed by atoms with Crippen LogP contribution in [0.25, 0.3) is 0 Å². The van der Waals surface area contributed by atoms with Crippen molar-refractivity contribution in [2.75, 3.05) is 7.11 Å². The van der Waals surface area contributed by atoms with Crippen molar-refractivity contribution in [2.45, 2.75) is 25.0 Å². The van der Waals surface area contributed by atoms with E-state index in [4.69, 9.17) is 15.1 Å². The second-order valence-corrected chi connectivity index (χ2v) is 4.02. The molecular formula is C13H15NO5. The molecule has 0 heterocycles. The molecule has 0 aliphatic rings. The third kappa shape index (κ3) is 3.95. The normalized spacial score (nSPS) is 13.4. The second kappa shape index (κ2) is 6.73. The molecular weight excluding hydrogens is 250 g/mol. The molecule has 0 fully saturated rings. The quantitative estimate of drug-likeness (QED) is 0.695. The van der Waals surface area contributed by atoms with Crippen molar-refractivity contribution in [1.29, 1.82) is 5.26 Å². The standard InChI is InChI=1S/C13H15NO5/c1-19-11-3-2-8(7-12(16)17)6-9(11)13(18)10(15)4-5-14/h2-3,6,10,13,15,18H,4,7H2,1H3,(H,16,17). The number of aliphatic carboxylic acids is 1. The molecule has 0 bridgehead atoms. The zero-order chi connectivity index (χ0) is 14.4. The van der Waals surface area contributed by atoms with Crippen molar-refractivity contribution in [3.63, 3.8) is 0 Å². The van der Waals surface area contributed by atoms with Gasteiger partial charge in [0.15, 0.2) is 0 Å². The van der Waals surface area contributed by atoms with Gasteiger partial charge in [-0.15, -0.1) is 0 Å². The highest BCUT2D eigenvalue weighted by Crippen LogP contribution is 2.29. The molecule has 1 rings (SSSR count). The highest BCUT2D eigenvalue weighted by atomic mass is 16.5. The van der Waals surface area contributed by atoms with E-state index in [1.807, 2.05) is 0 Å². The summed E-state index contributed by atoms with van der Waals surface area (Å²) >= 11 is 0. The van der Waals surface area contributed by atoms with Crippen molar-refractivity contribution in [1.82, 2.24) is 0 Å². The molecule has 2 atom stereocenters. The van der Waals surface area contributed by atoms with Gasteiger partial charge in [0.25, 0.3) is 0 Å². The van der Waals surface area contributed by atoms with Crippen LogP contribution in [-0.4, -0.2) is 34.5 Å². The van der Waals surface area contributed by atoms with Gasteiger partial charge in [-0.2, -0.15) is 5.26 Å². The summed E-state index contributed by atoms with van der Waals surface area (Å²) < 4.78 is 5.05. The number of ether oxygens (including phenoxy) is 1. The van der Waals surface area contributed by atoms with E-state index >= 15 is 0 Å². The molecule has 1 aromatic carbocycles. The Hall–Kier alpha value is -2.10. The fraction of sp³-hybridized carbons (Fsp3) is 0.385. The second-order valence-electron chi connectivity index (χ2n) is 4.02. The fourth-order valence-corrected chi connectivity index (χ4v) is 1.71. The lowest BCUT2D eigenvalue weighted by Gasteiger charge is -2.19. The van der Waals surface area contributed by atoms with Gasteiger partial charge < -0.3 is 20.1 Å². The molecule has 0 radical (unpaired) electrons. The van der Waals surface area contributed by atoms with Crippen LogP contribution >= 0.6 is 0 Å². The first-order valence-electron chi connectivity index (χ1n) is 5.61. The number of rotatable bonds is 6. The molecule has 6 nitrogen and oxygen atoms in total. The lowest BCUT2D eigenvalue weighted by Crippen LogP contribution is -2.18. The summed E-state index contributed by atoms with van der Waals surface area (Å²) in [5, 5.41) is 36.8. The molecule has 0 aliphatic heterocycles. The summed E-state index contributed by atoms with van der Waals surface area (Å²) in [5.74, 6) is -0.665. The van der Waals surface area contributed by atoms with Crippen molar-refractivity contribution >= 4 is 5.97 Å². The summed E-state index contributed by atoms with van der Waals surface area (Å²) in [5.41, 5.74) is 0.746. The first-order valence-corrected chi connectivity index (χ1v) is 5.61. The van der Waals surface area contributed by atoms with Gasteiger partial charge >= 0.3 is 5.97 Å². The molecule has 19 heavy (non-hydrogen) atoms.